The summed E-state index contributed by atoms with van der Waals surface area (Å²) in [6.07, 6.45) is 4.90. The minimum Gasteiger partial charge on any atom is -0.497 e. The molecule has 108 valence electrons. The molecule has 0 bridgehead atoms. The highest BCUT2D eigenvalue weighted by molar-refractivity contribution is 5.52. The van der Waals surface area contributed by atoms with Crippen molar-refractivity contribution in [2.75, 3.05) is 7.11 Å². The fraction of sp³-hybridized carbons (Fsp3) is 0.556. The van der Waals surface area contributed by atoms with Crippen molar-refractivity contribution in [3.63, 3.8) is 0 Å². The van der Waals surface area contributed by atoms with E-state index in [1.807, 2.05) is 6.07 Å². The van der Waals surface area contributed by atoms with Gasteiger partial charge in [-0.3, -0.25) is 0 Å². The molecule has 0 spiro atoms. The van der Waals surface area contributed by atoms with Crippen molar-refractivity contribution < 1.29 is 9.84 Å². The Morgan fingerprint density at radius 2 is 2.00 bits per heavy atom. The van der Waals surface area contributed by atoms with Gasteiger partial charge in [0.2, 0.25) is 0 Å². The summed E-state index contributed by atoms with van der Waals surface area (Å²) >= 11 is 0. The summed E-state index contributed by atoms with van der Waals surface area (Å²) in [5.74, 6) is 0.897. The molecule has 2 nitrogen and oxygen atoms in total. The first kappa shape index (κ1) is 13.7. The van der Waals surface area contributed by atoms with E-state index in [1.165, 1.54) is 16.7 Å². The zero-order valence-electron chi connectivity index (χ0n) is 12.9. The Morgan fingerprint density at radius 1 is 1.25 bits per heavy atom. The van der Waals surface area contributed by atoms with Gasteiger partial charge in [-0.25, -0.2) is 0 Å². The van der Waals surface area contributed by atoms with Gasteiger partial charge in [-0.15, -0.1) is 0 Å². The van der Waals surface area contributed by atoms with Gasteiger partial charge in [0, 0.05) is 5.41 Å². The Balaban J connectivity index is 2.17. The number of methoxy groups -OCH3 is 1. The summed E-state index contributed by atoms with van der Waals surface area (Å²) < 4.78 is 5.33. The number of benzene rings is 1. The molecule has 1 aromatic carbocycles. The number of fused-ring (bicyclic) bond motifs is 3. The molecule has 0 aliphatic heterocycles. The van der Waals surface area contributed by atoms with Crippen LogP contribution in [0.2, 0.25) is 0 Å². The molecular weight excluding hydrogens is 248 g/mol. The van der Waals surface area contributed by atoms with Crippen molar-refractivity contribution in [3.8, 4) is 5.75 Å². The predicted octanol–water partition coefficient (Wildman–Crippen LogP) is 3.62. The number of aliphatic hydroxyl groups is 1. The molecule has 1 N–H and O–H groups in total. The molecule has 0 radical (unpaired) electrons. The SMILES string of the molecule is COc1ccc2c(c1)CC=C1C(C)(C)CCC(O)C12C. The number of rotatable bonds is 1. The maximum atomic E-state index is 10.7. The minimum absolute atomic E-state index is 0.172. The second kappa shape index (κ2) is 4.36. The van der Waals surface area contributed by atoms with Crippen LogP contribution in [-0.2, 0) is 11.8 Å². The lowest BCUT2D eigenvalue weighted by molar-refractivity contribution is 0.0488. The fourth-order valence-corrected chi connectivity index (χ4v) is 4.20. The van der Waals surface area contributed by atoms with Crippen molar-refractivity contribution in [1.29, 1.82) is 0 Å². The van der Waals surface area contributed by atoms with Crippen molar-refractivity contribution >= 4 is 0 Å². The first-order valence-corrected chi connectivity index (χ1v) is 7.46. The van der Waals surface area contributed by atoms with E-state index in [4.69, 9.17) is 4.74 Å². The molecule has 1 fully saturated rings. The van der Waals surface area contributed by atoms with E-state index >= 15 is 0 Å². The average Bonchev–Trinajstić information content (AvgIpc) is 2.43. The van der Waals surface area contributed by atoms with Gasteiger partial charge in [0.25, 0.3) is 0 Å². The largest absolute Gasteiger partial charge is 0.497 e. The molecule has 1 aromatic rings. The molecule has 20 heavy (non-hydrogen) atoms. The lowest BCUT2D eigenvalue weighted by Gasteiger charge is -2.51. The number of allylic oxidation sites excluding steroid dienone is 1. The molecular formula is C18H24O2. The highest BCUT2D eigenvalue weighted by atomic mass is 16.5. The third-order valence-electron chi connectivity index (χ3n) is 5.40. The first-order valence-electron chi connectivity index (χ1n) is 7.46. The predicted molar refractivity (Wildman–Crippen MR) is 81.2 cm³/mol. The molecule has 0 saturated heterocycles. The summed E-state index contributed by atoms with van der Waals surface area (Å²) in [6, 6.07) is 6.27. The highest BCUT2D eigenvalue weighted by Crippen LogP contribution is 2.54. The summed E-state index contributed by atoms with van der Waals surface area (Å²) in [5.41, 5.74) is 3.89. The molecule has 3 rings (SSSR count). The first-order chi connectivity index (χ1) is 9.39. The van der Waals surface area contributed by atoms with Crippen LogP contribution in [0.1, 0.15) is 44.7 Å². The van der Waals surface area contributed by atoms with E-state index in [0.29, 0.717) is 0 Å². The Labute approximate surface area is 121 Å². The van der Waals surface area contributed by atoms with Crippen molar-refractivity contribution in [2.24, 2.45) is 5.41 Å². The molecule has 0 heterocycles. The zero-order valence-corrected chi connectivity index (χ0v) is 12.9. The molecule has 2 atom stereocenters. The van der Waals surface area contributed by atoms with Crippen molar-refractivity contribution in [1.82, 2.24) is 0 Å². The maximum Gasteiger partial charge on any atom is 0.119 e. The Morgan fingerprint density at radius 3 is 2.70 bits per heavy atom. The van der Waals surface area contributed by atoms with Crippen LogP contribution in [0.3, 0.4) is 0 Å². The Hall–Kier alpha value is -1.28. The lowest BCUT2D eigenvalue weighted by atomic mass is 9.54. The number of hydrogen-bond acceptors (Lipinski definition) is 2. The molecule has 0 aromatic heterocycles. The number of ether oxygens (including phenoxy) is 1. The monoisotopic (exact) mass is 272 g/mol. The standard InChI is InChI=1S/C18H24O2/c1-17(2)10-9-16(19)18(3)14-7-6-13(20-4)11-12(14)5-8-15(17)18/h6-8,11,16,19H,5,9-10H2,1-4H3. The number of aliphatic hydroxyl groups excluding tert-OH is 1. The topological polar surface area (TPSA) is 29.5 Å². The second-order valence-electron chi connectivity index (χ2n) is 6.99. The van der Waals surface area contributed by atoms with Crippen LogP contribution < -0.4 is 4.74 Å². The van der Waals surface area contributed by atoms with Gasteiger partial charge >= 0.3 is 0 Å². The third kappa shape index (κ3) is 1.74. The van der Waals surface area contributed by atoms with Crippen LogP contribution >= 0.6 is 0 Å². The van der Waals surface area contributed by atoms with E-state index in [-0.39, 0.29) is 16.9 Å². The third-order valence-corrected chi connectivity index (χ3v) is 5.40. The zero-order chi connectivity index (χ0) is 14.5. The van der Waals surface area contributed by atoms with E-state index in [0.717, 1.165) is 25.0 Å². The van der Waals surface area contributed by atoms with Crippen molar-refractivity contribution in [2.45, 2.75) is 51.6 Å². The molecule has 2 aliphatic carbocycles. The van der Waals surface area contributed by atoms with Gasteiger partial charge in [0.05, 0.1) is 13.2 Å². The van der Waals surface area contributed by atoms with E-state index in [1.54, 1.807) is 7.11 Å². The van der Waals surface area contributed by atoms with E-state index in [9.17, 15) is 5.11 Å². The minimum atomic E-state index is -0.297. The molecule has 2 unspecified atom stereocenters. The summed E-state index contributed by atoms with van der Waals surface area (Å²) in [5, 5.41) is 10.7. The maximum absolute atomic E-state index is 10.7. The molecule has 0 amide bonds. The van der Waals surface area contributed by atoms with Gasteiger partial charge in [0.1, 0.15) is 5.75 Å². The van der Waals surface area contributed by atoms with Crippen LogP contribution in [0.4, 0.5) is 0 Å². The fourth-order valence-electron chi connectivity index (χ4n) is 4.20. The summed E-state index contributed by atoms with van der Waals surface area (Å²) in [4.78, 5) is 0. The molecule has 2 heteroatoms. The molecule has 1 saturated carbocycles. The molecule has 2 aliphatic rings. The van der Waals surface area contributed by atoms with Crippen LogP contribution in [0.15, 0.2) is 29.8 Å². The van der Waals surface area contributed by atoms with Gasteiger partial charge in [-0.05, 0) is 54.9 Å². The highest BCUT2D eigenvalue weighted by Gasteiger charge is 2.50. The van der Waals surface area contributed by atoms with Crippen LogP contribution in [0, 0.1) is 5.41 Å². The van der Waals surface area contributed by atoms with E-state index < -0.39 is 0 Å². The van der Waals surface area contributed by atoms with Crippen LogP contribution in [0.25, 0.3) is 0 Å². The Bertz CT molecular complexity index is 571. The Kier molecular flexibility index (Phi) is 2.98. The van der Waals surface area contributed by atoms with Crippen LogP contribution in [0.5, 0.6) is 5.75 Å². The smallest absolute Gasteiger partial charge is 0.119 e. The van der Waals surface area contributed by atoms with Gasteiger partial charge in [-0.1, -0.05) is 31.6 Å². The van der Waals surface area contributed by atoms with Gasteiger partial charge < -0.3 is 9.84 Å². The average molecular weight is 272 g/mol. The normalized spacial score (nSPS) is 31.1. The van der Waals surface area contributed by atoms with Gasteiger partial charge in [0.15, 0.2) is 0 Å². The number of hydrogen-bond donors (Lipinski definition) is 1. The lowest BCUT2D eigenvalue weighted by Crippen LogP contribution is -2.49. The van der Waals surface area contributed by atoms with E-state index in [2.05, 4.69) is 39.0 Å². The quantitative estimate of drug-likeness (QED) is 0.791. The van der Waals surface area contributed by atoms with Gasteiger partial charge in [-0.2, -0.15) is 0 Å². The van der Waals surface area contributed by atoms with Crippen LogP contribution in [-0.4, -0.2) is 18.3 Å². The second-order valence-corrected chi connectivity index (χ2v) is 6.99. The summed E-state index contributed by atoms with van der Waals surface area (Å²) in [7, 11) is 1.70. The van der Waals surface area contributed by atoms with Crippen molar-refractivity contribution in [3.05, 3.63) is 41.0 Å². The summed E-state index contributed by atoms with van der Waals surface area (Å²) in [6.45, 7) is 6.81.